The van der Waals surface area contributed by atoms with Crippen LogP contribution in [-0.2, 0) is 0 Å². The topological polar surface area (TPSA) is 12.0 Å². The standard InChI is InChI=1S/C16H16FNS/c1-11-6-7-15(13(17)10-11)18-14-8-9-19-16-5-3-2-4-12(14)16/h2-7,10,14,18H,8-9H2,1H3. The van der Waals surface area contributed by atoms with Crippen molar-refractivity contribution < 1.29 is 4.39 Å². The second kappa shape index (κ2) is 5.25. The van der Waals surface area contributed by atoms with Crippen LogP contribution in [0.25, 0.3) is 0 Å². The van der Waals surface area contributed by atoms with E-state index < -0.39 is 0 Å². The number of fused-ring (bicyclic) bond motifs is 1. The van der Waals surface area contributed by atoms with Crippen molar-refractivity contribution in [3.63, 3.8) is 0 Å². The van der Waals surface area contributed by atoms with Crippen LogP contribution in [0.3, 0.4) is 0 Å². The van der Waals surface area contributed by atoms with Crippen LogP contribution in [0.1, 0.15) is 23.6 Å². The molecule has 1 nitrogen and oxygen atoms in total. The molecule has 0 saturated carbocycles. The van der Waals surface area contributed by atoms with Crippen LogP contribution in [0.4, 0.5) is 10.1 Å². The first-order valence-corrected chi connectivity index (χ1v) is 7.47. The minimum absolute atomic E-state index is 0.171. The van der Waals surface area contributed by atoms with Crippen LogP contribution in [0.2, 0.25) is 0 Å². The van der Waals surface area contributed by atoms with Gasteiger partial charge in [0.1, 0.15) is 5.82 Å². The Labute approximate surface area is 117 Å². The maximum atomic E-state index is 13.9. The molecule has 0 aliphatic carbocycles. The van der Waals surface area contributed by atoms with E-state index in [4.69, 9.17) is 0 Å². The third-order valence-corrected chi connectivity index (χ3v) is 4.54. The van der Waals surface area contributed by atoms with E-state index in [1.54, 1.807) is 6.07 Å². The summed E-state index contributed by atoms with van der Waals surface area (Å²) in [6.45, 7) is 1.90. The quantitative estimate of drug-likeness (QED) is 0.844. The Morgan fingerprint density at radius 2 is 2.05 bits per heavy atom. The van der Waals surface area contributed by atoms with Crippen molar-refractivity contribution in [2.24, 2.45) is 0 Å². The lowest BCUT2D eigenvalue weighted by atomic mass is 10.0. The molecule has 1 N–H and O–H groups in total. The van der Waals surface area contributed by atoms with Crippen LogP contribution in [0.15, 0.2) is 47.4 Å². The van der Waals surface area contributed by atoms with Gasteiger partial charge >= 0.3 is 0 Å². The predicted molar refractivity (Wildman–Crippen MR) is 79.3 cm³/mol. The van der Waals surface area contributed by atoms with Crippen molar-refractivity contribution in [1.82, 2.24) is 0 Å². The molecule has 0 amide bonds. The number of aryl methyl sites for hydroxylation is 1. The predicted octanol–water partition coefficient (Wildman–Crippen LogP) is 4.78. The first-order chi connectivity index (χ1) is 9.24. The molecular formula is C16H16FNS. The van der Waals surface area contributed by atoms with E-state index in [0.29, 0.717) is 5.69 Å². The summed E-state index contributed by atoms with van der Waals surface area (Å²) in [7, 11) is 0. The Hall–Kier alpha value is -1.48. The van der Waals surface area contributed by atoms with Crippen molar-refractivity contribution in [2.45, 2.75) is 24.3 Å². The molecule has 1 aliphatic heterocycles. The third-order valence-electron chi connectivity index (χ3n) is 3.41. The lowest BCUT2D eigenvalue weighted by Crippen LogP contribution is -2.16. The highest BCUT2D eigenvalue weighted by Gasteiger charge is 2.20. The van der Waals surface area contributed by atoms with Crippen LogP contribution in [0, 0.1) is 12.7 Å². The van der Waals surface area contributed by atoms with E-state index in [-0.39, 0.29) is 11.9 Å². The number of nitrogens with one attached hydrogen (secondary N) is 1. The SMILES string of the molecule is Cc1ccc(NC2CCSc3ccccc32)c(F)c1. The van der Waals surface area contributed by atoms with E-state index in [0.717, 1.165) is 17.7 Å². The van der Waals surface area contributed by atoms with Gasteiger partial charge in [-0.15, -0.1) is 11.8 Å². The lowest BCUT2D eigenvalue weighted by molar-refractivity contribution is 0.621. The smallest absolute Gasteiger partial charge is 0.146 e. The summed E-state index contributed by atoms with van der Waals surface area (Å²) >= 11 is 1.88. The lowest BCUT2D eigenvalue weighted by Gasteiger charge is -2.27. The van der Waals surface area contributed by atoms with Gasteiger partial charge in [-0.3, -0.25) is 0 Å². The minimum Gasteiger partial charge on any atom is -0.376 e. The second-order valence-corrected chi connectivity index (χ2v) is 5.99. The molecule has 0 fully saturated rings. The zero-order chi connectivity index (χ0) is 13.2. The van der Waals surface area contributed by atoms with Crippen LogP contribution < -0.4 is 5.32 Å². The van der Waals surface area contributed by atoms with E-state index in [2.05, 4.69) is 23.5 Å². The molecule has 0 aromatic heterocycles. The van der Waals surface area contributed by atoms with Crippen LogP contribution in [-0.4, -0.2) is 5.75 Å². The fourth-order valence-electron chi connectivity index (χ4n) is 2.42. The summed E-state index contributed by atoms with van der Waals surface area (Å²) in [5.74, 6) is 0.901. The second-order valence-electron chi connectivity index (χ2n) is 4.86. The van der Waals surface area contributed by atoms with Gasteiger partial charge in [0.25, 0.3) is 0 Å². The van der Waals surface area contributed by atoms with Gasteiger partial charge in [-0.1, -0.05) is 24.3 Å². The van der Waals surface area contributed by atoms with Crippen molar-refractivity contribution in [1.29, 1.82) is 0 Å². The average molecular weight is 273 g/mol. The van der Waals surface area contributed by atoms with Gasteiger partial charge in [0.05, 0.1) is 11.7 Å². The highest BCUT2D eigenvalue weighted by Crippen LogP contribution is 2.38. The largest absolute Gasteiger partial charge is 0.376 e. The summed E-state index contributed by atoms with van der Waals surface area (Å²) in [6, 6.07) is 13.9. The van der Waals surface area contributed by atoms with Crippen molar-refractivity contribution >= 4 is 17.4 Å². The van der Waals surface area contributed by atoms with Gasteiger partial charge in [-0.05, 0) is 42.7 Å². The summed E-state index contributed by atoms with van der Waals surface area (Å²) < 4.78 is 13.9. The molecule has 1 heterocycles. The number of anilines is 1. The zero-order valence-electron chi connectivity index (χ0n) is 10.8. The normalized spacial score (nSPS) is 17.9. The van der Waals surface area contributed by atoms with E-state index >= 15 is 0 Å². The molecule has 0 radical (unpaired) electrons. The van der Waals surface area contributed by atoms with E-state index in [1.807, 2.05) is 36.9 Å². The molecular weight excluding hydrogens is 257 g/mol. The van der Waals surface area contributed by atoms with E-state index in [9.17, 15) is 4.39 Å². The molecule has 3 rings (SSSR count). The number of hydrogen-bond donors (Lipinski definition) is 1. The van der Waals surface area contributed by atoms with Gasteiger partial charge in [0, 0.05) is 10.6 Å². The Balaban J connectivity index is 1.88. The van der Waals surface area contributed by atoms with Gasteiger partial charge in [-0.2, -0.15) is 0 Å². The highest BCUT2D eigenvalue weighted by molar-refractivity contribution is 7.99. The first-order valence-electron chi connectivity index (χ1n) is 6.48. The molecule has 1 atom stereocenters. The van der Waals surface area contributed by atoms with Crippen LogP contribution >= 0.6 is 11.8 Å². The molecule has 1 aliphatic rings. The molecule has 3 heteroatoms. The molecule has 2 aromatic rings. The number of thioether (sulfide) groups is 1. The fraction of sp³-hybridized carbons (Fsp3) is 0.250. The van der Waals surface area contributed by atoms with Gasteiger partial charge in [0.15, 0.2) is 0 Å². The summed E-state index contributed by atoms with van der Waals surface area (Å²) in [5, 5.41) is 3.34. The minimum atomic E-state index is -0.171. The average Bonchev–Trinajstić information content (AvgIpc) is 2.42. The third kappa shape index (κ3) is 2.61. The highest BCUT2D eigenvalue weighted by atomic mass is 32.2. The molecule has 0 saturated heterocycles. The van der Waals surface area contributed by atoms with Crippen LogP contribution in [0.5, 0.6) is 0 Å². The van der Waals surface area contributed by atoms with Crippen molar-refractivity contribution in [3.8, 4) is 0 Å². The number of halogens is 1. The Morgan fingerprint density at radius 1 is 1.21 bits per heavy atom. The molecule has 0 bridgehead atoms. The number of benzene rings is 2. The molecule has 19 heavy (non-hydrogen) atoms. The van der Waals surface area contributed by atoms with Gasteiger partial charge in [0.2, 0.25) is 0 Å². The molecule has 98 valence electrons. The van der Waals surface area contributed by atoms with Crippen molar-refractivity contribution in [2.75, 3.05) is 11.1 Å². The summed E-state index contributed by atoms with van der Waals surface area (Å²) in [6.07, 6.45) is 1.02. The molecule has 0 spiro atoms. The Morgan fingerprint density at radius 3 is 2.89 bits per heavy atom. The Bertz CT molecular complexity index is 597. The maximum absolute atomic E-state index is 13.9. The number of rotatable bonds is 2. The number of hydrogen-bond acceptors (Lipinski definition) is 2. The zero-order valence-corrected chi connectivity index (χ0v) is 11.6. The molecule has 2 aromatic carbocycles. The summed E-state index contributed by atoms with van der Waals surface area (Å²) in [5.41, 5.74) is 2.82. The maximum Gasteiger partial charge on any atom is 0.146 e. The van der Waals surface area contributed by atoms with E-state index in [1.165, 1.54) is 10.5 Å². The fourth-order valence-corrected chi connectivity index (χ4v) is 3.54. The first kappa shape index (κ1) is 12.5. The summed E-state index contributed by atoms with van der Waals surface area (Å²) in [4.78, 5) is 1.30. The Kier molecular flexibility index (Phi) is 3.47. The molecule has 1 unspecified atom stereocenters. The van der Waals surface area contributed by atoms with Gasteiger partial charge in [-0.25, -0.2) is 4.39 Å². The van der Waals surface area contributed by atoms with Crippen molar-refractivity contribution in [3.05, 3.63) is 59.4 Å². The van der Waals surface area contributed by atoms with Gasteiger partial charge < -0.3 is 5.32 Å². The monoisotopic (exact) mass is 273 g/mol.